The number of carbonyl (C=O) groups is 1. The molecule has 0 bridgehead atoms. The summed E-state index contributed by atoms with van der Waals surface area (Å²) in [5.74, 6) is 0.709. The molecule has 2 unspecified atom stereocenters. The molecule has 1 aromatic rings. The van der Waals surface area contributed by atoms with E-state index in [1.807, 2.05) is 18.2 Å². The highest BCUT2D eigenvalue weighted by atomic mass is 79.9. The van der Waals surface area contributed by atoms with E-state index in [9.17, 15) is 4.79 Å². The highest BCUT2D eigenvalue weighted by molar-refractivity contribution is 9.10. The van der Waals surface area contributed by atoms with Crippen molar-refractivity contribution in [3.63, 3.8) is 0 Å². The van der Waals surface area contributed by atoms with Crippen molar-refractivity contribution in [1.29, 1.82) is 0 Å². The first-order valence-electron chi connectivity index (χ1n) is 6.16. The second-order valence-corrected chi connectivity index (χ2v) is 5.34. The smallest absolute Gasteiger partial charge is 0.172 e. The fraction of sp³-hybridized carbons (Fsp3) is 0.500. The van der Waals surface area contributed by atoms with Crippen molar-refractivity contribution in [1.82, 2.24) is 0 Å². The number of hydrogen-bond donors (Lipinski definition) is 0. The standard InChI is InChI=1S/C14H17BrO3/c1-3-12-10(6-7-18-12)14(16)11-8-9(15)4-5-13(11)17-2/h4-5,8,10,12H,3,6-7H2,1-2H3. The second kappa shape index (κ2) is 5.85. The molecule has 1 aliphatic rings. The van der Waals surface area contributed by atoms with E-state index in [0.717, 1.165) is 17.3 Å². The van der Waals surface area contributed by atoms with Gasteiger partial charge in [0.25, 0.3) is 0 Å². The Morgan fingerprint density at radius 3 is 3.00 bits per heavy atom. The van der Waals surface area contributed by atoms with E-state index in [1.54, 1.807) is 7.11 Å². The van der Waals surface area contributed by atoms with Crippen molar-refractivity contribution in [2.75, 3.05) is 13.7 Å². The Labute approximate surface area is 116 Å². The van der Waals surface area contributed by atoms with Gasteiger partial charge in [0, 0.05) is 11.1 Å². The van der Waals surface area contributed by atoms with Crippen LogP contribution in [0.25, 0.3) is 0 Å². The van der Waals surface area contributed by atoms with Gasteiger partial charge in [-0.2, -0.15) is 0 Å². The van der Waals surface area contributed by atoms with Crippen LogP contribution >= 0.6 is 15.9 Å². The molecule has 2 atom stereocenters. The Kier molecular flexibility index (Phi) is 4.40. The van der Waals surface area contributed by atoms with Crippen LogP contribution in [0.2, 0.25) is 0 Å². The molecule has 0 aromatic heterocycles. The van der Waals surface area contributed by atoms with Crippen molar-refractivity contribution in [3.05, 3.63) is 28.2 Å². The number of carbonyl (C=O) groups excluding carboxylic acids is 1. The SMILES string of the molecule is CCC1OCCC1C(=O)c1cc(Br)ccc1OC. The van der Waals surface area contributed by atoms with Crippen LogP contribution in [0.3, 0.4) is 0 Å². The van der Waals surface area contributed by atoms with Gasteiger partial charge < -0.3 is 9.47 Å². The minimum absolute atomic E-state index is 0.0428. The lowest BCUT2D eigenvalue weighted by Gasteiger charge is -2.17. The van der Waals surface area contributed by atoms with Crippen LogP contribution in [-0.4, -0.2) is 25.6 Å². The molecule has 0 amide bonds. The molecule has 0 radical (unpaired) electrons. The lowest BCUT2D eigenvalue weighted by molar-refractivity contribution is 0.0687. The van der Waals surface area contributed by atoms with E-state index in [2.05, 4.69) is 22.9 Å². The molecule has 98 valence electrons. The van der Waals surface area contributed by atoms with Crippen molar-refractivity contribution in [2.24, 2.45) is 5.92 Å². The molecule has 0 N–H and O–H groups in total. The summed E-state index contributed by atoms with van der Waals surface area (Å²) < 4.78 is 11.7. The molecule has 1 aromatic carbocycles. The predicted octanol–water partition coefficient (Wildman–Crippen LogP) is 3.46. The Morgan fingerprint density at radius 1 is 1.56 bits per heavy atom. The van der Waals surface area contributed by atoms with Gasteiger partial charge in [-0.1, -0.05) is 22.9 Å². The van der Waals surface area contributed by atoms with Gasteiger partial charge >= 0.3 is 0 Å². The van der Waals surface area contributed by atoms with Crippen LogP contribution in [0, 0.1) is 5.92 Å². The number of benzene rings is 1. The molecule has 1 heterocycles. The van der Waals surface area contributed by atoms with Gasteiger partial charge in [-0.3, -0.25) is 4.79 Å². The quantitative estimate of drug-likeness (QED) is 0.799. The minimum Gasteiger partial charge on any atom is -0.496 e. The molecule has 0 aliphatic carbocycles. The number of ketones is 1. The minimum atomic E-state index is -0.0433. The summed E-state index contributed by atoms with van der Waals surface area (Å²) in [6.45, 7) is 2.72. The number of rotatable bonds is 4. The maximum atomic E-state index is 12.6. The Morgan fingerprint density at radius 2 is 2.33 bits per heavy atom. The van der Waals surface area contributed by atoms with Crippen LogP contribution in [-0.2, 0) is 4.74 Å². The number of methoxy groups -OCH3 is 1. The molecular formula is C14H17BrO3. The van der Waals surface area contributed by atoms with Gasteiger partial charge in [-0.15, -0.1) is 0 Å². The van der Waals surface area contributed by atoms with E-state index >= 15 is 0 Å². The number of ether oxygens (including phenoxy) is 2. The summed E-state index contributed by atoms with van der Waals surface area (Å²) in [4.78, 5) is 12.6. The van der Waals surface area contributed by atoms with Gasteiger partial charge in [0.1, 0.15) is 5.75 Å². The molecule has 3 nitrogen and oxygen atoms in total. The highest BCUT2D eigenvalue weighted by Crippen LogP contribution is 2.31. The summed E-state index contributed by atoms with van der Waals surface area (Å²) in [6, 6.07) is 5.51. The molecule has 0 saturated carbocycles. The largest absolute Gasteiger partial charge is 0.496 e. The predicted molar refractivity (Wildman–Crippen MR) is 73.2 cm³/mol. The second-order valence-electron chi connectivity index (χ2n) is 4.42. The number of Topliss-reactive ketones (excluding diaryl/α,β-unsaturated/α-hetero) is 1. The molecule has 1 saturated heterocycles. The zero-order valence-electron chi connectivity index (χ0n) is 10.6. The molecule has 0 spiro atoms. The fourth-order valence-electron chi connectivity index (χ4n) is 2.42. The van der Waals surface area contributed by atoms with Crippen LogP contribution in [0.1, 0.15) is 30.1 Å². The van der Waals surface area contributed by atoms with Crippen LogP contribution in [0.15, 0.2) is 22.7 Å². The molecule has 4 heteroatoms. The fourth-order valence-corrected chi connectivity index (χ4v) is 2.78. The van der Waals surface area contributed by atoms with Gasteiger partial charge in [0.2, 0.25) is 0 Å². The topological polar surface area (TPSA) is 35.5 Å². The van der Waals surface area contributed by atoms with E-state index in [1.165, 1.54) is 0 Å². The third-order valence-corrected chi connectivity index (χ3v) is 3.87. The van der Waals surface area contributed by atoms with Gasteiger partial charge in [0.05, 0.1) is 24.7 Å². The third kappa shape index (κ3) is 2.59. The Hall–Kier alpha value is -0.870. The van der Waals surface area contributed by atoms with Crippen LogP contribution < -0.4 is 4.74 Å². The zero-order chi connectivity index (χ0) is 13.1. The van der Waals surface area contributed by atoms with E-state index in [-0.39, 0.29) is 17.8 Å². The third-order valence-electron chi connectivity index (χ3n) is 3.38. The number of hydrogen-bond acceptors (Lipinski definition) is 3. The molecule has 1 fully saturated rings. The molecule has 1 aliphatic heterocycles. The first kappa shape index (κ1) is 13.6. The zero-order valence-corrected chi connectivity index (χ0v) is 12.2. The van der Waals surface area contributed by atoms with Crippen molar-refractivity contribution in [2.45, 2.75) is 25.9 Å². The highest BCUT2D eigenvalue weighted by Gasteiger charge is 2.34. The first-order chi connectivity index (χ1) is 8.67. The summed E-state index contributed by atoms with van der Waals surface area (Å²) in [5.41, 5.74) is 0.640. The van der Waals surface area contributed by atoms with Gasteiger partial charge in [0.15, 0.2) is 5.78 Å². The molecule has 2 rings (SSSR count). The van der Waals surface area contributed by atoms with Crippen molar-refractivity contribution >= 4 is 21.7 Å². The monoisotopic (exact) mass is 312 g/mol. The lowest BCUT2D eigenvalue weighted by atomic mass is 9.90. The van der Waals surface area contributed by atoms with Crippen molar-refractivity contribution in [3.8, 4) is 5.75 Å². The molecular weight excluding hydrogens is 296 g/mol. The Bertz CT molecular complexity index is 445. The summed E-state index contributed by atoms with van der Waals surface area (Å²) in [5, 5.41) is 0. The first-order valence-corrected chi connectivity index (χ1v) is 6.96. The lowest BCUT2D eigenvalue weighted by Crippen LogP contribution is -2.24. The van der Waals surface area contributed by atoms with E-state index in [4.69, 9.17) is 9.47 Å². The number of halogens is 1. The Balaban J connectivity index is 2.30. The van der Waals surface area contributed by atoms with Crippen molar-refractivity contribution < 1.29 is 14.3 Å². The summed E-state index contributed by atoms with van der Waals surface area (Å²) in [7, 11) is 1.59. The maximum Gasteiger partial charge on any atom is 0.172 e. The van der Waals surface area contributed by atoms with E-state index in [0.29, 0.717) is 17.9 Å². The van der Waals surface area contributed by atoms with Gasteiger partial charge in [-0.25, -0.2) is 0 Å². The average molecular weight is 313 g/mol. The van der Waals surface area contributed by atoms with E-state index < -0.39 is 0 Å². The average Bonchev–Trinajstić information content (AvgIpc) is 2.86. The van der Waals surface area contributed by atoms with Crippen LogP contribution in [0.4, 0.5) is 0 Å². The van der Waals surface area contributed by atoms with Crippen LogP contribution in [0.5, 0.6) is 5.75 Å². The summed E-state index contributed by atoms with van der Waals surface area (Å²) in [6.07, 6.45) is 1.71. The van der Waals surface area contributed by atoms with Gasteiger partial charge in [-0.05, 0) is 31.0 Å². The molecule has 18 heavy (non-hydrogen) atoms. The normalized spacial score (nSPS) is 23.1. The summed E-state index contributed by atoms with van der Waals surface area (Å²) >= 11 is 3.40. The maximum absolute atomic E-state index is 12.6.